The molecule has 1 aromatic heterocycles. The van der Waals surface area contributed by atoms with E-state index in [4.69, 9.17) is 5.41 Å². The van der Waals surface area contributed by atoms with Gasteiger partial charge in [0.15, 0.2) is 5.84 Å². The van der Waals surface area contributed by atoms with E-state index in [0.29, 0.717) is 11.7 Å². The van der Waals surface area contributed by atoms with Crippen molar-refractivity contribution in [3.63, 3.8) is 0 Å². The number of para-hydroxylation sites is 1. The number of rotatable bonds is 4. The average Bonchev–Trinajstić information content (AvgIpc) is 3.34. The van der Waals surface area contributed by atoms with Crippen molar-refractivity contribution in [3.05, 3.63) is 77.2 Å². The molecule has 2 aliphatic heterocycles. The van der Waals surface area contributed by atoms with Crippen LogP contribution < -0.4 is 0 Å². The second-order valence-corrected chi connectivity index (χ2v) is 8.26. The van der Waals surface area contributed by atoms with Gasteiger partial charge in [-0.25, -0.2) is 4.39 Å². The SMILES string of the molecule is CCC1=NN2C(=N)/C(=C/c3cn(Cc4ccc(F)cc4)c4ccccc34)C(=O)N=C2S1. The summed E-state index contributed by atoms with van der Waals surface area (Å²) in [6, 6.07) is 14.3. The van der Waals surface area contributed by atoms with Gasteiger partial charge in [-0.05, 0) is 48.0 Å². The zero-order chi connectivity index (χ0) is 21.5. The van der Waals surface area contributed by atoms with Crippen LogP contribution in [0.25, 0.3) is 17.0 Å². The van der Waals surface area contributed by atoms with Crippen LogP contribution in [0.5, 0.6) is 0 Å². The lowest BCUT2D eigenvalue weighted by Gasteiger charge is -2.20. The van der Waals surface area contributed by atoms with Crippen LogP contribution in [-0.2, 0) is 11.3 Å². The maximum atomic E-state index is 13.3. The largest absolute Gasteiger partial charge is 0.342 e. The van der Waals surface area contributed by atoms with Crippen molar-refractivity contribution < 1.29 is 9.18 Å². The number of halogens is 1. The molecule has 3 heterocycles. The molecule has 154 valence electrons. The number of hydrogen-bond donors (Lipinski definition) is 1. The van der Waals surface area contributed by atoms with E-state index in [-0.39, 0.29) is 17.2 Å². The fourth-order valence-corrected chi connectivity index (χ4v) is 4.46. The molecule has 0 atom stereocenters. The lowest BCUT2D eigenvalue weighted by Crippen LogP contribution is -2.35. The van der Waals surface area contributed by atoms with E-state index < -0.39 is 5.91 Å². The van der Waals surface area contributed by atoms with E-state index in [1.54, 1.807) is 18.2 Å². The second-order valence-electron chi connectivity index (χ2n) is 7.22. The van der Waals surface area contributed by atoms with Crippen molar-refractivity contribution >= 4 is 50.7 Å². The first kappa shape index (κ1) is 19.4. The van der Waals surface area contributed by atoms with E-state index >= 15 is 0 Å². The maximum Gasteiger partial charge on any atom is 0.283 e. The predicted molar refractivity (Wildman–Crippen MR) is 123 cm³/mol. The van der Waals surface area contributed by atoms with Crippen molar-refractivity contribution in [3.8, 4) is 0 Å². The Balaban J connectivity index is 1.56. The first-order valence-corrected chi connectivity index (χ1v) is 10.7. The number of hydrogen-bond acceptors (Lipinski definition) is 4. The number of aromatic nitrogens is 1. The second kappa shape index (κ2) is 7.63. The smallest absolute Gasteiger partial charge is 0.283 e. The molecular weight excluding hydrogens is 413 g/mol. The van der Waals surface area contributed by atoms with Gasteiger partial charge in [-0.2, -0.15) is 15.1 Å². The number of fused-ring (bicyclic) bond motifs is 2. The Morgan fingerprint density at radius 1 is 1.16 bits per heavy atom. The highest BCUT2D eigenvalue weighted by atomic mass is 32.2. The van der Waals surface area contributed by atoms with Gasteiger partial charge in [0.05, 0.1) is 5.57 Å². The minimum absolute atomic E-state index is 0.0290. The number of amidine groups is 2. The lowest BCUT2D eigenvalue weighted by atomic mass is 10.1. The Kier molecular flexibility index (Phi) is 4.78. The van der Waals surface area contributed by atoms with Crippen LogP contribution in [-0.4, -0.2) is 31.5 Å². The van der Waals surface area contributed by atoms with Gasteiger partial charge in [-0.3, -0.25) is 10.2 Å². The molecule has 0 bridgehead atoms. The van der Waals surface area contributed by atoms with Crippen molar-refractivity contribution in [2.45, 2.75) is 19.9 Å². The molecule has 2 aromatic carbocycles. The molecule has 31 heavy (non-hydrogen) atoms. The minimum atomic E-state index is -0.438. The van der Waals surface area contributed by atoms with Gasteiger partial charge in [-0.15, -0.1) is 0 Å². The number of carbonyl (C=O) groups excluding carboxylic acids is 1. The highest BCUT2D eigenvalue weighted by Gasteiger charge is 2.35. The summed E-state index contributed by atoms with van der Waals surface area (Å²) in [6.07, 6.45) is 4.37. The molecule has 2 aliphatic rings. The van der Waals surface area contributed by atoms with Crippen molar-refractivity contribution in [2.75, 3.05) is 0 Å². The van der Waals surface area contributed by atoms with Gasteiger partial charge in [0.2, 0.25) is 5.17 Å². The minimum Gasteiger partial charge on any atom is -0.342 e. The summed E-state index contributed by atoms with van der Waals surface area (Å²) in [7, 11) is 0. The predicted octanol–water partition coefficient (Wildman–Crippen LogP) is 4.86. The summed E-state index contributed by atoms with van der Waals surface area (Å²) < 4.78 is 15.3. The van der Waals surface area contributed by atoms with Crippen LogP contribution in [0.3, 0.4) is 0 Å². The summed E-state index contributed by atoms with van der Waals surface area (Å²) in [6.45, 7) is 2.54. The van der Waals surface area contributed by atoms with Crippen molar-refractivity contribution in [1.29, 1.82) is 5.41 Å². The molecule has 0 fully saturated rings. The number of hydrazone groups is 1. The van der Waals surface area contributed by atoms with E-state index in [1.807, 2.05) is 37.4 Å². The van der Waals surface area contributed by atoms with E-state index in [9.17, 15) is 9.18 Å². The number of nitrogens with zero attached hydrogens (tertiary/aromatic N) is 4. The van der Waals surface area contributed by atoms with Gasteiger partial charge in [0.1, 0.15) is 10.9 Å². The average molecular weight is 431 g/mol. The Hall–Kier alpha value is -3.52. The van der Waals surface area contributed by atoms with Crippen LogP contribution in [0.15, 0.2) is 70.4 Å². The third kappa shape index (κ3) is 3.48. The highest BCUT2D eigenvalue weighted by molar-refractivity contribution is 8.26. The third-order valence-electron chi connectivity index (χ3n) is 5.18. The Labute approximate surface area is 182 Å². The molecule has 0 saturated carbocycles. The molecule has 1 amide bonds. The zero-order valence-electron chi connectivity index (χ0n) is 16.7. The Bertz CT molecular complexity index is 1320. The molecule has 0 aliphatic carbocycles. The first-order valence-electron chi connectivity index (χ1n) is 9.85. The van der Waals surface area contributed by atoms with Crippen LogP contribution >= 0.6 is 11.8 Å². The molecule has 0 radical (unpaired) electrons. The van der Waals surface area contributed by atoms with Crippen LogP contribution in [0.4, 0.5) is 4.39 Å². The van der Waals surface area contributed by atoms with E-state index in [2.05, 4.69) is 14.7 Å². The number of aliphatic imine (C=N–C) groups is 1. The summed E-state index contributed by atoms with van der Waals surface area (Å²) in [5.41, 5.74) is 2.97. The fourth-order valence-electron chi connectivity index (χ4n) is 3.64. The number of benzene rings is 2. The van der Waals surface area contributed by atoms with Gasteiger partial charge >= 0.3 is 0 Å². The number of carbonyl (C=O) groups is 1. The quantitative estimate of drug-likeness (QED) is 0.600. The molecule has 0 spiro atoms. The monoisotopic (exact) mass is 431 g/mol. The normalized spacial score (nSPS) is 17.4. The van der Waals surface area contributed by atoms with Gasteiger partial charge in [-0.1, -0.05) is 37.3 Å². The summed E-state index contributed by atoms with van der Waals surface area (Å²) in [4.78, 5) is 16.8. The molecule has 5 rings (SSSR count). The standard InChI is InChI=1S/C23H18FN5OS/c1-2-20-27-29-21(25)18(22(30)26-23(29)31-20)11-15-13-28(19-6-4-3-5-17(15)19)12-14-7-9-16(24)10-8-14/h3-11,13,25H,2,12H2,1H3/b18-11-,25-21?. The molecular formula is C23H18FN5OS. The molecule has 3 aromatic rings. The molecule has 8 heteroatoms. The zero-order valence-corrected chi connectivity index (χ0v) is 17.5. The highest BCUT2D eigenvalue weighted by Crippen LogP contribution is 2.31. The molecule has 0 saturated heterocycles. The lowest BCUT2D eigenvalue weighted by molar-refractivity contribution is -0.114. The first-order chi connectivity index (χ1) is 15.0. The summed E-state index contributed by atoms with van der Waals surface area (Å²) in [5.74, 6) is -0.678. The van der Waals surface area contributed by atoms with Crippen LogP contribution in [0.2, 0.25) is 0 Å². The summed E-state index contributed by atoms with van der Waals surface area (Å²) >= 11 is 1.33. The van der Waals surface area contributed by atoms with E-state index in [0.717, 1.165) is 33.5 Å². The molecule has 6 nitrogen and oxygen atoms in total. The maximum absolute atomic E-state index is 13.3. The van der Waals surface area contributed by atoms with Gasteiger partial charge in [0, 0.05) is 29.2 Å². The Morgan fingerprint density at radius 2 is 1.94 bits per heavy atom. The van der Waals surface area contributed by atoms with Crippen molar-refractivity contribution in [1.82, 2.24) is 9.58 Å². The van der Waals surface area contributed by atoms with E-state index in [1.165, 1.54) is 28.9 Å². The number of thioether (sulfide) groups is 1. The third-order valence-corrected chi connectivity index (χ3v) is 6.24. The molecule has 0 unspecified atom stereocenters. The van der Waals surface area contributed by atoms with Crippen LogP contribution in [0.1, 0.15) is 24.5 Å². The van der Waals surface area contributed by atoms with Crippen molar-refractivity contribution in [2.24, 2.45) is 10.1 Å². The van der Waals surface area contributed by atoms with Gasteiger partial charge < -0.3 is 4.57 Å². The topological polar surface area (TPSA) is 73.8 Å². The number of nitrogens with one attached hydrogen (secondary N) is 1. The fraction of sp³-hybridized carbons (Fsp3) is 0.130. The Morgan fingerprint density at radius 3 is 2.71 bits per heavy atom. The number of amides is 1. The molecule has 1 N–H and O–H groups in total. The van der Waals surface area contributed by atoms with Gasteiger partial charge in [0.25, 0.3) is 5.91 Å². The summed E-state index contributed by atoms with van der Waals surface area (Å²) in [5, 5.41) is 16.6. The van der Waals surface area contributed by atoms with Crippen LogP contribution in [0, 0.1) is 11.2 Å².